The molecule has 7 N–H and O–H groups in total. The molecule has 1 unspecified atom stereocenters. The van der Waals surface area contributed by atoms with Crippen LogP contribution in [0.5, 0.6) is 0 Å². The number of nitrogens with zero attached hydrogens (tertiary/aromatic N) is 2. The van der Waals surface area contributed by atoms with Crippen LogP contribution < -0.4 is 31.7 Å². The minimum atomic E-state index is -1.30. The Morgan fingerprint density at radius 3 is 2.53 bits per heavy atom. The van der Waals surface area contributed by atoms with E-state index in [1.54, 1.807) is 31.1 Å². The van der Waals surface area contributed by atoms with Gasteiger partial charge in [0.2, 0.25) is 5.95 Å². The van der Waals surface area contributed by atoms with Crippen molar-refractivity contribution in [3.8, 4) is 0 Å². The highest BCUT2D eigenvalue weighted by Gasteiger charge is 2.23. The number of carboxylic acid groups (broad SMARTS) is 2. The molecule has 1 amide bonds. The van der Waals surface area contributed by atoms with Crippen LogP contribution in [0.15, 0.2) is 29.1 Å². The number of aliphatic carboxylic acids is 2. The second kappa shape index (κ2) is 10.6. The third kappa shape index (κ3) is 6.15. The monoisotopic (exact) mass is 473 g/mol. The number of hydrogen-bond acceptors (Lipinski definition) is 9. The highest BCUT2D eigenvalue weighted by Crippen LogP contribution is 2.21. The number of H-pyrrole nitrogens is 1. The molecule has 1 aromatic heterocycles. The number of carboxylic acids is 2. The van der Waals surface area contributed by atoms with Crippen molar-refractivity contribution in [2.24, 2.45) is 0 Å². The zero-order valence-electron chi connectivity index (χ0n) is 18.7. The van der Waals surface area contributed by atoms with Gasteiger partial charge in [-0.15, -0.1) is 0 Å². The number of aromatic nitrogens is 2. The summed E-state index contributed by atoms with van der Waals surface area (Å²) in [7, 11) is 3.57. The lowest BCUT2D eigenvalue weighted by Gasteiger charge is -2.28. The summed E-state index contributed by atoms with van der Waals surface area (Å²) >= 11 is 0. The highest BCUT2D eigenvalue weighted by molar-refractivity contribution is 5.96. The zero-order chi connectivity index (χ0) is 24.8. The SMILES string of the molecule is CN(C)c1nc2c(c(=O)[nH]1)NC(CNc1ccc(C(=O)N[C@@H](CCC(=O)O)C(=O)O)cc1)CN2. The first-order valence-electron chi connectivity index (χ1n) is 10.6. The largest absolute Gasteiger partial charge is 0.481 e. The molecule has 2 heterocycles. The van der Waals surface area contributed by atoms with E-state index >= 15 is 0 Å². The molecule has 182 valence electrons. The van der Waals surface area contributed by atoms with Crippen molar-refractivity contribution in [3.63, 3.8) is 0 Å². The van der Waals surface area contributed by atoms with Crippen LogP contribution in [0.25, 0.3) is 0 Å². The van der Waals surface area contributed by atoms with E-state index in [0.717, 1.165) is 5.69 Å². The number of carbonyl (C=O) groups is 3. The van der Waals surface area contributed by atoms with Crippen molar-refractivity contribution >= 4 is 41.0 Å². The number of amides is 1. The van der Waals surface area contributed by atoms with Gasteiger partial charge in [0.15, 0.2) is 5.82 Å². The van der Waals surface area contributed by atoms with Crippen molar-refractivity contribution in [2.45, 2.75) is 24.9 Å². The molecular weight excluding hydrogens is 446 g/mol. The van der Waals surface area contributed by atoms with Crippen LogP contribution in [-0.4, -0.2) is 77.3 Å². The third-order valence-corrected chi connectivity index (χ3v) is 5.14. The van der Waals surface area contributed by atoms with Crippen molar-refractivity contribution in [1.82, 2.24) is 15.3 Å². The van der Waals surface area contributed by atoms with Gasteiger partial charge in [0.05, 0.1) is 6.04 Å². The average molecular weight is 473 g/mol. The Kier molecular flexibility index (Phi) is 7.56. The summed E-state index contributed by atoms with van der Waals surface area (Å²) in [6, 6.07) is 5.02. The van der Waals surface area contributed by atoms with E-state index in [0.29, 0.717) is 30.5 Å². The Balaban J connectivity index is 1.55. The number of anilines is 4. The van der Waals surface area contributed by atoms with Gasteiger partial charge in [0, 0.05) is 44.9 Å². The number of benzene rings is 1. The van der Waals surface area contributed by atoms with Crippen LogP contribution in [0, 0.1) is 0 Å². The summed E-state index contributed by atoms with van der Waals surface area (Å²) in [4.78, 5) is 55.4. The van der Waals surface area contributed by atoms with Gasteiger partial charge in [-0.3, -0.25) is 19.4 Å². The fourth-order valence-electron chi connectivity index (χ4n) is 3.28. The van der Waals surface area contributed by atoms with E-state index in [-0.39, 0.29) is 30.0 Å². The second-order valence-electron chi connectivity index (χ2n) is 7.98. The van der Waals surface area contributed by atoms with E-state index in [2.05, 4.69) is 31.2 Å². The maximum absolute atomic E-state index is 12.4. The van der Waals surface area contributed by atoms with E-state index < -0.39 is 23.9 Å². The normalized spacial score (nSPS) is 15.2. The smallest absolute Gasteiger partial charge is 0.326 e. The van der Waals surface area contributed by atoms with Crippen LogP contribution in [0.2, 0.25) is 0 Å². The summed E-state index contributed by atoms with van der Waals surface area (Å²) in [6.45, 7) is 1.01. The molecule has 1 aliphatic heterocycles. The standard InChI is InChI=1S/C21H27N7O6/c1-28(2)21-26-17-16(19(32)27-21)24-13(10-23-17)9-22-12-5-3-11(4-6-12)18(31)25-14(20(33)34)7-8-15(29)30/h3-6,13-14,22,24H,7-10H2,1-2H3,(H,25,31)(H,29,30)(H,33,34)(H2,23,26,27,32)/t13?,14-/m0/s1. The van der Waals surface area contributed by atoms with Gasteiger partial charge in [-0.05, 0) is 30.7 Å². The molecule has 0 saturated carbocycles. The van der Waals surface area contributed by atoms with Crippen LogP contribution >= 0.6 is 0 Å². The van der Waals surface area contributed by atoms with Crippen LogP contribution in [0.3, 0.4) is 0 Å². The number of rotatable bonds is 10. The molecular formula is C21H27N7O6. The molecule has 0 aliphatic carbocycles. The number of fused-ring (bicyclic) bond motifs is 1. The number of hydrogen-bond donors (Lipinski definition) is 7. The van der Waals surface area contributed by atoms with Crippen molar-refractivity contribution in [3.05, 3.63) is 40.2 Å². The predicted octanol–water partition coefficient (Wildman–Crippen LogP) is 0.202. The van der Waals surface area contributed by atoms with E-state index in [9.17, 15) is 24.3 Å². The number of nitrogens with one attached hydrogen (secondary N) is 5. The third-order valence-electron chi connectivity index (χ3n) is 5.14. The quantitative estimate of drug-likeness (QED) is 0.250. The lowest BCUT2D eigenvalue weighted by Crippen LogP contribution is -2.41. The maximum Gasteiger partial charge on any atom is 0.326 e. The number of aromatic amines is 1. The van der Waals surface area contributed by atoms with E-state index in [1.807, 2.05) is 0 Å². The maximum atomic E-state index is 12.4. The molecule has 0 fully saturated rings. The molecule has 0 bridgehead atoms. The molecule has 34 heavy (non-hydrogen) atoms. The van der Waals surface area contributed by atoms with Crippen molar-refractivity contribution in [2.75, 3.05) is 48.0 Å². The summed E-state index contributed by atoms with van der Waals surface area (Å²) < 4.78 is 0. The molecule has 2 aromatic rings. The van der Waals surface area contributed by atoms with Crippen LogP contribution in [-0.2, 0) is 9.59 Å². The predicted molar refractivity (Wildman–Crippen MR) is 126 cm³/mol. The molecule has 13 nitrogen and oxygen atoms in total. The van der Waals surface area contributed by atoms with Gasteiger partial charge in [-0.1, -0.05) is 0 Å². The molecule has 1 aromatic carbocycles. The molecule has 3 rings (SSSR count). The fourth-order valence-corrected chi connectivity index (χ4v) is 3.28. The van der Waals surface area contributed by atoms with Crippen molar-refractivity contribution in [1.29, 1.82) is 0 Å². The zero-order valence-corrected chi connectivity index (χ0v) is 18.7. The van der Waals surface area contributed by atoms with Gasteiger partial charge in [-0.2, -0.15) is 4.98 Å². The Hall–Kier alpha value is -4.29. The van der Waals surface area contributed by atoms with Crippen LogP contribution in [0.4, 0.5) is 23.1 Å². The number of carbonyl (C=O) groups excluding carboxylic acids is 1. The topological polar surface area (TPSA) is 189 Å². The first-order chi connectivity index (χ1) is 16.1. The first-order valence-corrected chi connectivity index (χ1v) is 10.6. The average Bonchev–Trinajstić information content (AvgIpc) is 2.80. The summed E-state index contributed by atoms with van der Waals surface area (Å²) in [6.07, 6.45) is -0.580. The molecule has 0 saturated heterocycles. The molecule has 1 aliphatic rings. The van der Waals surface area contributed by atoms with Gasteiger partial charge >= 0.3 is 11.9 Å². The Morgan fingerprint density at radius 1 is 1.21 bits per heavy atom. The Bertz CT molecular complexity index is 1120. The molecule has 0 radical (unpaired) electrons. The second-order valence-corrected chi connectivity index (χ2v) is 7.98. The Morgan fingerprint density at radius 2 is 1.91 bits per heavy atom. The lowest BCUT2D eigenvalue weighted by molar-refractivity contribution is -0.140. The van der Waals surface area contributed by atoms with Crippen LogP contribution in [0.1, 0.15) is 23.2 Å². The van der Waals surface area contributed by atoms with E-state index in [1.165, 1.54) is 12.1 Å². The van der Waals surface area contributed by atoms with Gasteiger partial charge < -0.3 is 36.4 Å². The molecule has 0 spiro atoms. The summed E-state index contributed by atoms with van der Waals surface area (Å²) in [5.74, 6) is -2.10. The fraction of sp³-hybridized carbons (Fsp3) is 0.381. The lowest BCUT2D eigenvalue weighted by atomic mass is 10.1. The summed E-state index contributed by atoms with van der Waals surface area (Å²) in [5, 5.41) is 29.8. The van der Waals surface area contributed by atoms with Gasteiger partial charge in [0.1, 0.15) is 11.7 Å². The van der Waals surface area contributed by atoms with Crippen molar-refractivity contribution < 1.29 is 24.6 Å². The van der Waals surface area contributed by atoms with Gasteiger partial charge in [-0.25, -0.2) is 4.79 Å². The first kappa shape index (κ1) is 24.4. The van der Waals surface area contributed by atoms with E-state index in [4.69, 9.17) is 5.11 Å². The minimum absolute atomic E-state index is 0.103. The summed E-state index contributed by atoms with van der Waals surface area (Å²) in [5.41, 5.74) is 1.06. The molecule has 13 heteroatoms. The highest BCUT2D eigenvalue weighted by atomic mass is 16.4. The van der Waals surface area contributed by atoms with Gasteiger partial charge in [0.25, 0.3) is 11.5 Å². The molecule has 2 atom stereocenters. The Labute approximate surface area is 194 Å². The minimum Gasteiger partial charge on any atom is -0.481 e.